The Kier molecular flexibility index (Phi) is 4.68. The number of nitrogens with zero attached hydrogens (tertiary/aromatic N) is 2. The maximum Gasteiger partial charge on any atom is 0.329 e. The lowest BCUT2D eigenvalue weighted by Crippen LogP contribution is -2.45. The first kappa shape index (κ1) is 19.2. The molecule has 9 nitrogen and oxygen atoms in total. The molecule has 3 aliphatic rings. The number of non-ortho nitro benzene ring substituents is 1. The quantitative estimate of drug-likeness (QED) is 0.234. The van der Waals surface area contributed by atoms with E-state index >= 15 is 0 Å². The van der Waals surface area contributed by atoms with E-state index in [4.69, 9.17) is 4.74 Å². The van der Waals surface area contributed by atoms with Crippen LogP contribution in [-0.4, -0.2) is 46.0 Å². The third kappa shape index (κ3) is 3.10. The zero-order chi connectivity index (χ0) is 20.9. The Balaban J connectivity index is 1.37. The number of hydrogen-bond acceptors (Lipinski definition) is 7. The van der Waals surface area contributed by atoms with Crippen molar-refractivity contribution < 1.29 is 28.8 Å². The van der Waals surface area contributed by atoms with Crippen molar-refractivity contribution in [1.29, 1.82) is 0 Å². The molecule has 1 aromatic rings. The molecule has 2 amide bonds. The van der Waals surface area contributed by atoms with Crippen molar-refractivity contribution in [2.45, 2.75) is 32.2 Å². The van der Waals surface area contributed by atoms with E-state index in [0.717, 1.165) is 24.2 Å². The Morgan fingerprint density at radius 1 is 1.14 bits per heavy atom. The van der Waals surface area contributed by atoms with Crippen molar-refractivity contribution in [3.05, 3.63) is 39.9 Å². The SMILES string of the molecule is C[C@H](C(=O)OCC(=O)c1ccc([N+](=O)[O-])cc1)N1C(=O)[C@@H]2[C@H]3CC[C@@H](C3)[C@H]2C1=O. The number of esters is 1. The first-order valence-corrected chi connectivity index (χ1v) is 9.60. The number of carbonyl (C=O) groups excluding carboxylic acids is 4. The molecular weight excluding hydrogens is 380 g/mol. The van der Waals surface area contributed by atoms with Crippen LogP contribution in [0.2, 0.25) is 0 Å². The number of fused-ring (bicyclic) bond motifs is 5. The second-order valence-electron chi connectivity index (χ2n) is 7.94. The zero-order valence-corrected chi connectivity index (χ0v) is 15.8. The van der Waals surface area contributed by atoms with Gasteiger partial charge in [-0.2, -0.15) is 0 Å². The zero-order valence-electron chi connectivity index (χ0n) is 15.8. The minimum absolute atomic E-state index is 0.155. The van der Waals surface area contributed by atoms with Gasteiger partial charge in [-0.1, -0.05) is 0 Å². The summed E-state index contributed by atoms with van der Waals surface area (Å²) in [6, 6.07) is 3.84. The molecule has 0 radical (unpaired) electrons. The van der Waals surface area contributed by atoms with Crippen molar-refractivity contribution in [3.63, 3.8) is 0 Å². The molecule has 4 rings (SSSR count). The molecular formula is C20H20N2O7. The van der Waals surface area contributed by atoms with Gasteiger partial charge in [0, 0.05) is 17.7 Å². The van der Waals surface area contributed by atoms with Gasteiger partial charge in [0.15, 0.2) is 12.4 Å². The molecule has 1 aromatic carbocycles. The van der Waals surface area contributed by atoms with Crippen molar-refractivity contribution in [3.8, 4) is 0 Å². The molecule has 152 valence electrons. The number of ketones is 1. The summed E-state index contributed by atoms with van der Waals surface area (Å²) in [4.78, 5) is 61.2. The number of imide groups is 1. The van der Waals surface area contributed by atoms with Crippen LogP contribution in [0.25, 0.3) is 0 Å². The highest BCUT2D eigenvalue weighted by molar-refractivity contribution is 6.08. The molecule has 2 saturated carbocycles. The van der Waals surface area contributed by atoms with Crippen LogP contribution in [0.15, 0.2) is 24.3 Å². The highest BCUT2D eigenvalue weighted by atomic mass is 16.6. The molecule has 2 aliphatic carbocycles. The number of rotatable bonds is 6. The van der Waals surface area contributed by atoms with Crippen molar-refractivity contribution in [2.24, 2.45) is 23.7 Å². The number of benzene rings is 1. The van der Waals surface area contributed by atoms with Crippen molar-refractivity contribution in [1.82, 2.24) is 4.90 Å². The molecule has 0 unspecified atom stereocenters. The summed E-state index contributed by atoms with van der Waals surface area (Å²) in [5.74, 6) is -2.17. The molecule has 29 heavy (non-hydrogen) atoms. The van der Waals surface area contributed by atoms with Gasteiger partial charge in [0.2, 0.25) is 11.8 Å². The Hall–Kier alpha value is -3.10. The Labute approximate surface area is 166 Å². The Bertz CT molecular complexity index is 882. The van der Waals surface area contributed by atoms with Gasteiger partial charge in [0.25, 0.3) is 5.69 Å². The lowest BCUT2D eigenvalue weighted by molar-refractivity contribution is -0.384. The Morgan fingerprint density at radius 2 is 1.69 bits per heavy atom. The van der Waals surface area contributed by atoms with Gasteiger partial charge in [-0.15, -0.1) is 0 Å². The summed E-state index contributed by atoms with van der Waals surface area (Å²) in [5, 5.41) is 10.7. The third-order valence-electron chi connectivity index (χ3n) is 6.44. The average Bonchev–Trinajstić information content (AvgIpc) is 3.39. The highest BCUT2D eigenvalue weighted by Crippen LogP contribution is 2.56. The van der Waals surface area contributed by atoms with Crippen LogP contribution >= 0.6 is 0 Å². The number of Topliss-reactive ketones (excluding diaryl/α,β-unsaturated/α-hetero) is 1. The summed E-state index contributed by atoms with van der Waals surface area (Å²) in [6.45, 7) is 0.854. The number of nitro groups is 1. The molecule has 2 bridgehead atoms. The molecule has 1 aliphatic heterocycles. The molecule has 1 saturated heterocycles. The van der Waals surface area contributed by atoms with E-state index in [9.17, 15) is 29.3 Å². The van der Waals surface area contributed by atoms with Gasteiger partial charge >= 0.3 is 5.97 Å². The van der Waals surface area contributed by atoms with E-state index in [1.54, 1.807) is 0 Å². The monoisotopic (exact) mass is 400 g/mol. The number of ether oxygens (including phenoxy) is 1. The third-order valence-corrected chi connectivity index (χ3v) is 6.44. The van der Waals surface area contributed by atoms with Crippen LogP contribution in [0.5, 0.6) is 0 Å². The molecule has 9 heteroatoms. The maximum atomic E-state index is 12.8. The summed E-state index contributed by atoms with van der Waals surface area (Å²) in [7, 11) is 0. The highest BCUT2D eigenvalue weighted by Gasteiger charge is 2.62. The number of hydrogen-bond donors (Lipinski definition) is 0. The van der Waals surface area contributed by atoms with Crippen molar-refractivity contribution in [2.75, 3.05) is 6.61 Å². The minimum atomic E-state index is -1.09. The summed E-state index contributed by atoms with van der Waals surface area (Å²) in [5.41, 5.74) is 0.00762. The second kappa shape index (κ2) is 7.06. The fraction of sp³-hybridized carbons (Fsp3) is 0.500. The molecule has 0 N–H and O–H groups in total. The van der Waals surface area contributed by atoms with E-state index in [0.29, 0.717) is 0 Å². The van der Waals surface area contributed by atoms with Crippen LogP contribution in [0.1, 0.15) is 36.5 Å². The van der Waals surface area contributed by atoms with Crippen LogP contribution in [0.4, 0.5) is 5.69 Å². The standard InChI is InChI=1S/C20H20N2O7/c1-10(21-18(24)16-12-2-3-13(8-12)17(16)19(21)25)20(26)29-9-15(23)11-4-6-14(7-5-11)22(27)28/h4-7,10,12-13,16-17H,2-3,8-9H2,1H3/t10-,12+,13+,16-,17-/m1/s1. The van der Waals surface area contributed by atoms with Gasteiger partial charge in [-0.25, -0.2) is 4.79 Å². The number of carbonyl (C=O) groups is 4. The van der Waals surface area contributed by atoms with E-state index in [1.807, 2.05) is 0 Å². The molecule has 1 heterocycles. The first-order valence-electron chi connectivity index (χ1n) is 9.60. The van der Waals surface area contributed by atoms with Gasteiger partial charge < -0.3 is 4.74 Å². The van der Waals surface area contributed by atoms with E-state index in [-0.39, 0.29) is 46.7 Å². The first-order chi connectivity index (χ1) is 13.8. The minimum Gasteiger partial charge on any atom is -0.456 e. The number of nitro benzene ring substituents is 1. The topological polar surface area (TPSA) is 124 Å². The Morgan fingerprint density at radius 3 is 2.21 bits per heavy atom. The largest absolute Gasteiger partial charge is 0.456 e. The number of amides is 2. The van der Waals surface area contributed by atoms with Gasteiger partial charge in [0.1, 0.15) is 6.04 Å². The smallest absolute Gasteiger partial charge is 0.329 e. The fourth-order valence-corrected chi connectivity index (χ4v) is 5.03. The molecule has 0 spiro atoms. The van der Waals surface area contributed by atoms with Gasteiger partial charge in [-0.05, 0) is 50.2 Å². The van der Waals surface area contributed by atoms with Gasteiger partial charge in [-0.3, -0.25) is 29.4 Å². The van der Waals surface area contributed by atoms with E-state index < -0.39 is 29.3 Å². The van der Waals surface area contributed by atoms with E-state index in [2.05, 4.69) is 0 Å². The summed E-state index contributed by atoms with van der Waals surface area (Å²) in [6.07, 6.45) is 2.80. The van der Waals surface area contributed by atoms with Crippen LogP contribution in [-0.2, 0) is 19.1 Å². The summed E-state index contributed by atoms with van der Waals surface area (Å²) >= 11 is 0. The lowest BCUT2D eigenvalue weighted by atomic mass is 9.81. The second-order valence-corrected chi connectivity index (χ2v) is 7.94. The average molecular weight is 400 g/mol. The number of likely N-dealkylation sites (tertiary alicyclic amines) is 1. The van der Waals surface area contributed by atoms with Crippen molar-refractivity contribution >= 4 is 29.3 Å². The normalized spacial score (nSPS) is 28.4. The summed E-state index contributed by atoms with van der Waals surface area (Å²) < 4.78 is 5.03. The predicted octanol–water partition coefficient (Wildman–Crippen LogP) is 1.74. The van der Waals surface area contributed by atoms with Gasteiger partial charge in [0.05, 0.1) is 16.8 Å². The van der Waals surface area contributed by atoms with E-state index in [1.165, 1.54) is 31.2 Å². The van der Waals surface area contributed by atoms with Crippen LogP contribution in [0.3, 0.4) is 0 Å². The van der Waals surface area contributed by atoms with Crippen LogP contribution < -0.4 is 0 Å². The van der Waals surface area contributed by atoms with Crippen LogP contribution in [0, 0.1) is 33.8 Å². The maximum absolute atomic E-state index is 12.8. The molecule has 3 fully saturated rings. The molecule has 0 aromatic heterocycles. The molecule has 5 atom stereocenters. The lowest BCUT2D eigenvalue weighted by Gasteiger charge is -2.22. The predicted molar refractivity (Wildman–Crippen MR) is 97.5 cm³/mol. The fourth-order valence-electron chi connectivity index (χ4n) is 5.03.